The normalized spacial score (nSPS) is 31.6. The topological polar surface area (TPSA) is 24.1 Å². The second-order valence-corrected chi connectivity index (χ2v) is 5.59. The molecule has 0 aromatic carbocycles. The molecule has 0 bridgehead atoms. The van der Waals surface area contributed by atoms with Crippen LogP contribution in [0.3, 0.4) is 0 Å². The summed E-state index contributed by atoms with van der Waals surface area (Å²) in [6.45, 7) is 3.61. The van der Waals surface area contributed by atoms with Crippen molar-refractivity contribution in [1.29, 1.82) is 0 Å². The lowest BCUT2D eigenvalue weighted by Crippen LogP contribution is -2.45. The van der Waals surface area contributed by atoms with Crippen LogP contribution >= 0.6 is 11.8 Å². The van der Waals surface area contributed by atoms with Gasteiger partial charge in [0.1, 0.15) is 0 Å². The molecular weight excluding hydrogens is 180 g/mol. The summed E-state index contributed by atoms with van der Waals surface area (Å²) in [5.41, 5.74) is 0. The van der Waals surface area contributed by atoms with Crippen LogP contribution in [0.2, 0.25) is 0 Å². The zero-order valence-corrected chi connectivity index (χ0v) is 9.25. The maximum Gasteiger partial charge on any atom is 0.0282 e. The molecule has 76 valence electrons. The summed E-state index contributed by atoms with van der Waals surface area (Å²) < 4.78 is 0.622. The molecule has 2 N–H and O–H groups in total. The van der Waals surface area contributed by atoms with E-state index in [1.165, 1.54) is 45.3 Å². The van der Waals surface area contributed by atoms with Gasteiger partial charge in [0.25, 0.3) is 0 Å². The predicted octanol–water partition coefficient (Wildman–Crippen LogP) is 1.22. The van der Waals surface area contributed by atoms with Gasteiger partial charge < -0.3 is 10.6 Å². The third-order valence-electron chi connectivity index (χ3n) is 3.25. The SMILES string of the molecule is CSC1(CNC2CCCNC2)CC1. The summed E-state index contributed by atoms with van der Waals surface area (Å²) in [5, 5.41) is 7.13. The largest absolute Gasteiger partial charge is 0.315 e. The highest BCUT2D eigenvalue weighted by atomic mass is 32.2. The highest BCUT2D eigenvalue weighted by Crippen LogP contribution is 2.46. The molecule has 1 unspecified atom stereocenters. The molecule has 1 heterocycles. The maximum atomic E-state index is 3.69. The lowest BCUT2D eigenvalue weighted by atomic mass is 10.1. The van der Waals surface area contributed by atoms with Crippen LogP contribution < -0.4 is 10.6 Å². The van der Waals surface area contributed by atoms with Gasteiger partial charge in [-0.1, -0.05) is 0 Å². The van der Waals surface area contributed by atoms with Gasteiger partial charge in [-0.15, -0.1) is 0 Å². The Morgan fingerprint density at radius 2 is 2.38 bits per heavy atom. The molecule has 3 heteroatoms. The first-order chi connectivity index (χ1) is 6.35. The van der Waals surface area contributed by atoms with E-state index in [1.54, 1.807) is 0 Å². The molecule has 0 aromatic heterocycles. The van der Waals surface area contributed by atoms with E-state index >= 15 is 0 Å². The van der Waals surface area contributed by atoms with Crippen molar-refractivity contribution in [1.82, 2.24) is 10.6 Å². The average Bonchev–Trinajstić information content (AvgIpc) is 2.97. The highest BCUT2D eigenvalue weighted by Gasteiger charge is 2.41. The molecule has 1 saturated heterocycles. The Kier molecular flexibility index (Phi) is 3.17. The number of hydrogen-bond donors (Lipinski definition) is 2. The number of nitrogens with one attached hydrogen (secondary N) is 2. The fraction of sp³-hybridized carbons (Fsp3) is 1.00. The van der Waals surface area contributed by atoms with Gasteiger partial charge >= 0.3 is 0 Å². The summed E-state index contributed by atoms with van der Waals surface area (Å²) in [4.78, 5) is 0. The van der Waals surface area contributed by atoms with E-state index in [0.29, 0.717) is 4.75 Å². The van der Waals surface area contributed by atoms with Gasteiger partial charge in [-0.2, -0.15) is 11.8 Å². The summed E-state index contributed by atoms with van der Waals surface area (Å²) in [7, 11) is 0. The minimum Gasteiger partial charge on any atom is -0.315 e. The standard InChI is InChI=1S/C10H20N2S/c1-13-10(4-5-10)8-12-9-3-2-6-11-7-9/h9,11-12H,2-8H2,1H3. The number of rotatable bonds is 4. The molecule has 0 amide bonds. The molecule has 1 saturated carbocycles. The Labute approximate surface area is 85.2 Å². The lowest BCUT2D eigenvalue weighted by Gasteiger charge is -2.25. The molecule has 0 radical (unpaired) electrons. The van der Waals surface area contributed by atoms with Crippen LogP contribution in [0, 0.1) is 0 Å². The Morgan fingerprint density at radius 1 is 1.54 bits per heavy atom. The molecular formula is C10H20N2S. The van der Waals surface area contributed by atoms with E-state index in [2.05, 4.69) is 16.9 Å². The van der Waals surface area contributed by atoms with Crippen molar-refractivity contribution in [3.05, 3.63) is 0 Å². The third kappa shape index (κ3) is 2.61. The van der Waals surface area contributed by atoms with Crippen molar-refractivity contribution in [2.75, 3.05) is 25.9 Å². The van der Waals surface area contributed by atoms with Crippen molar-refractivity contribution in [3.63, 3.8) is 0 Å². The minimum atomic E-state index is 0.622. The first-order valence-corrected chi connectivity index (χ1v) is 6.56. The number of piperidine rings is 1. The van der Waals surface area contributed by atoms with Gasteiger partial charge in [-0.25, -0.2) is 0 Å². The molecule has 0 spiro atoms. The van der Waals surface area contributed by atoms with Crippen molar-refractivity contribution >= 4 is 11.8 Å². The molecule has 0 aromatic rings. The number of thioether (sulfide) groups is 1. The summed E-state index contributed by atoms with van der Waals surface area (Å²) in [6.07, 6.45) is 7.78. The quantitative estimate of drug-likeness (QED) is 0.713. The van der Waals surface area contributed by atoms with E-state index < -0.39 is 0 Å². The fourth-order valence-electron chi connectivity index (χ4n) is 1.95. The molecule has 1 atom stereocenters. The van der Waals surface area contributed by atoms with E-state index in [9.17, 15) is 0 Å². The van der Waals surface area contributed by atoms with Crippen LogP contribution in [-0.4, -0.2) is 36.7 Å². The second kappa shape index (κ2) is 4.20. The van der Waals surface area contributed by atoms with Gasteiger partial charge in [0.2, 0.25) is 0 Å². The Balaban J connectivity index is 1.66. The molecule has 2 nitrogen and oxygen atoms in total. The van der Waals surface area contributed by atoms with Gasteiger partial charge in [0, 0.05) is 23.9 Å². The van der Waals surface area contributed by atoms with E-state index in [-0.39, 0.29) is 0 Å². The zero-order valence-electron chi connectivity index (χ0n) is 8.44. The highest BCUT2D eigenvalue weighted by molar-refractivity contribution is 8.00. The molecule has 2 fully saturated rings. The summed E-state index contributed by atoms with van der Waals surface area (Å²) in [6, 6.07) is 0.735. The van der Waals surface area contributed by atoms with Crippen molar-refractivity contribution in [2.45, 2.75) is 36.5 Å². The summed E-state index contributed by atoms with van der Waals surface area (Å²) >= 11 is 2.04. The van der Waals surface area contributed by atoms with Crippen LogP contribution in [0.4, 0.5) is 0 Å². The maximum absolute atomic E-state index is 3.69. The zero-order chi connectivity index (χ0) is 9.15. The molecule has 1 aliphatic carbocycles. The minimum absolute atomic E-state index is 0.622. The first-order valence-electron chi connectivity index (χ1n) is 5.34. The molecule has 2 aliphatic rings. The molecule has 13 heavy (non-hydrogen) atoms. The van der Waals surface area contributed by atoms with E-state index in [1.807, 2.05) is 11.8 Å². The van der Waals surface area contributed by atoms with Crippen LogP contribution in [0.25, 0.3) is 0 Å². The van der Waals surface area contributed by atoms with E-state index in [0.717, 1.165) is 6.04 Å². The van der Waals surface area contributed by atoms with Crippen LogP contribution in [0.1, 0.15) is 25.7 Å². The Morgan fingerprint density at radius 3 is 2.92 bits per heavy atom. The van der Waals surface area contributed by atoms with Crippen molar-refractivity contribution < 1.29 is 0 Å². The number of hydrogen-bond acceptors (Lipinski definition) is 3. The van der Waals surface area contributed by atoms with Gasteiger partial charge in [0.15, 0.2) is 0 Å². The fourth-order valence-corrected chi connectivity index (χ4v) is 2.69. The van der Waals surface area contributed by atoms with Gasteiger partial charge in [-0.3, -0.25) is 0 Å². The van der Waals surface area contributed by atoms with Crippen LogP contribution in [0.15, 0.2) is 0 Å². The Hall–Kier alpha value is 0.270. The first kappa shape index (κ1) is 9.81. The van der Waals surface area contributed by atoms with Crippen molar-refractivity contribution in [2.24, 2.45) is 0 Å². The van der Waals surface area contributed by atoms with Gasteiger partial charge in [-0.05, 0) is 38.5 Å². The molecule has 1 aliphatic heterocycles. The predicted molar refractivity (Wildman–Crippen MR) is 59.4 cm³/mol. The Bertz CT molecular complexity index is 162. The smallest absolute Gasteiger partial charge is 0.0282 e. The second-order valence-electron chi connectivity index (χ2n) is 4.31. The average molecular weight is 200 g/mol. The van der Waals surface area contributed by atoms with Crippen molar-refractivity contribution in [3.8, 4) is 0 Å². The van der Waals surface area contributed by atoms with Crippen LogP contribution in [-0.2, 0) is 0 Å². The van der Waals surface area contributed by atoms with Crippen LogP contribution in [0.5, 0.6) is 0 Å². The monoisotopic (exact) mass is 200 g/mol. The third-order valence-corrected chi connectivity index (χ3v) is 4.67. The lowest BCUT2D eigenvalue weighted by molar-refractivity contribution is 0.389. The van der Waals surface area contributed by atoms with E-state index in [4.69, 9.17) is 0 Å². The van der Waals surface area contributed by atoms with Gasteiger partial charge in [0.05, 0.1) is 0 Å². The molecule has 2 rings (SSSR count). The summed E-state index contributed by atoms with van der Waals surface area (Å²) in [5.74, 6) is 0.